The Hall–Kier alpha value is -5.49. The zero-order valence-corrected chi connectivity index (χ0v) is 28.6. The van der Waals surface area contributed by atoms with Crippen molar-refractivity contribution in [3.05, 3.63) is 101 Å². The quantitative estimate of drug-likeness (QED) is 0.272. The summed E-state index contributed by atoms with van der Waals surface area (Å²) in [6.07, 6.45) is 7.61. The Labute approximate surface area is 291 Å². The van der Waals surface area contributed by atoms with Crippen molar-refractivity contribution in [2.45, 2.75) is 26.2 Å². The maximum atomic E-state index is 14.0. The van der Waals surface area contributed by atoms with E-state index in [2.05, 4.69) is 43.5 Å². The van der Waals surface area contributed by atoms with Gasteiger partial charge < -0.3 is 15.1 Å². The van der Waals surface area contributed by atoms with E-state index in [9.17, 15) is 14.4 Å². The van der Waals surface area contributed by atoms with Crippen molar-refractivity contribution in [1.29, 1.82) is 5.41 Å². The molecular weight excluding hydrogens is 630 g/mol. The van der Waals surface area contributed by atoms with E-state index in [4.69, 9.17) is 5.41 Å². The van der Waals surface area contributed by atoms with E-state index in [-0.39, 0.29) is 29.1 Å². The van der Waals surface area contributed by atoms with Crippen LogP contribution >= 0.6 is 0 Å². The highest BCUT2D eigenvalue weighted by atomic mass is 16.2. The van der Waals surface area contributed by atoms with E-state index in [1.165, 1.54) is 11.8 Å². The van der Waals surface area contributed by atoms with Crippen molar-refractivity contribution in [2.75, 3.05) is 51.2 Å². The van der Waals surface area contributed by atoms with Crippen LogP contribution in [0.5, 0.6) is 0 Å². The number of benzene rings is 2. The molecule has 7 rings (SSSR count). The first-order chi connectivity index (χ1) is 24.1. The predicted molar refractivity (Wildman–Crippen MR) is 191 cm³/mol. The molecule has 0 radical (unpaired) electrons. The Kier molecular flexibility index (Phi) is 8.87. The van der Waals surface area contributed by atoms with Crippen LogP contribution in [0.1, 0.15) is 52.0 Å². The van der Waals surface area contributed by atoms with E-state index in [0.29, 0.717) is 56.2 Å². The first kappa shape index (κ1) is 33.0. The molecular formula is C38H41N9O3. The van der Waals surface area contributed by atoms with Gasteiger partial charge in [-0.1, -0.05) is 36.4 Å². The molecule has 2 fully saturated rings. The van der Waals surface area contributed by atoms with Crippen LogP contribution in [0.2, 0.25) is 0 Å². The summed E-state index contributed by atoms with van der Waals surface area (Å²) in [5.74, 6) is 0.594. The number of carbonyl (C=O) groups is 3. The lowest BCUT2D eigenvalue weighted by Crippen LogP contribution is -2.43. The van der Waals surface area contributed by atoms with Crippen LogP contribution in [0.4, 0.5) is 5.69 Å². The molecule has 2 N–H and O–H groups in total. The third kappa shape index (κ3) is 6.34. The Morgan fingerprint density at radius 1 is 0.980 bits per heavy atom. The summed E-state index contributed by atoms with van der Waals surface area (Å²) in [5, 5.41) is 15.8. The molecule has 50 heavy (non-hydrogen) atoms. The van der Waals surface area contributed by atoms with Gasteiger partial charge in [-0.3, -0.25) is 34.4 Å². The first-order valence-electron chi connectivity index (χ1n) is 17.0. The van der Waals surface area contributed by atoms with Gasteiger partial charge in [-0.15, -0.1) is 0 Å². The van der Waals surface area contributed by atoms with E-state index < -0.39 is 5.41 Å². The summed E-state index contributed by atoms with van der Waals surface area (Å²) in [6, 6.07) is 17.4. The smallest absolute Gasteiger partial charge is 0.269 e. The van der Waals surface area contributed by atoms with Gasteiger partial charge in [0.1, 0.15) is 12.0 Å². The van der Waals surface area contributed by atoms with Crippen LogP contribution in [-0.4, -0.2) is 99.3 Å². The van der Waals surface area contributed by atoms with Crippen LogP contribution in [-0.2, 0) is 16.6 Å². The zero-order chi connectivity index (χ0) is 35.0. The van der Waals surface area contributed by atoms with E-state index in [1.807, 2.05) is 54.1 Å². The molecule has 1 atom stereocenters. The number of carbonyl (C=O) groups excluding carboxylic acids is 3. The number of anilines is 1. The molecule has 0 bridgehead atoms. The van der Waals surface area contributed by atoms with E-state index in [0.717, 1.165) is 41.6 Å². The lowest BCUT2D eigenvalue weighted by Gasteiger charge is -2.29. The number of aryl methyl sites for hydroxylation is 2. The van der Waals surface area contributed by atoms with Crippen molar-refractivity contribution in [2.24, 2.45) is 12.5 Å². The first-order valence-corrected chi connectivity index (χ1v) is 17.0. The highest BCUT2D eigenvalue weighted by Crippen LogP contribution is 2.42. The molecule has 0 aliphatic carbocycles. The topological polar surface area (TPSA) is 140 Å². The number of aromatic nitrogens is 4. The Morgan fingerprint density at radius 3 is 2.44 bits per heavy atom. The van der Waals surface area contributed by atoms with Gasteiger partial charge in [-0.05, 0) is 73.7 Å². The number of nitrogens with one attached hydrogen (secondary N) is 2. The Balaban J connectivity index is 0.956. The van der Waals surface area contributed by atoms with Crippen LogP contribution in [0.15, 0.2) is 73.2 Å². The molecule has 2 aromatic heterocycles. The largest absolute Gasteiger partial charge is 0.354 e. The normalized spacial score (nSPS) is 19.3. The van der Waals surface area contributed by atoms with E-state index >= 15 is 0 Å². The molecule has 4 aromatic rings. The lowest BCUT2D eigenvalue weighted by atomic mass is 9.85. The van der Waals surface area contributed by atoms with Crippen molar-refractivity contribution >= 4 is 34.7 Å². The molecule has 2 saturated heterocycles. The molecule has 12 nitrogen and oxygen atoms in total. The molecule has 3 aliphatic rings. The molecule has 1 spiro atoms. The van der Waals surface area contributed by atoms with Crippen LogP contribution in [0, 0.1) is 17.7 Å². The number of hydrogen-bond donors (Lipinski definition) is 2. The molecule has 2 aromatic carbocycles. The summed E-state index contributed by atoms with van der Waals surface area (Å²) in [5.41, 5.74) is 6.39. The number of amides is 3. The third-order valence-electron chi connectivity index (χ3n) is 10.3. The zero-order valence-electron chi connectivity index (χ0n) is 28.6. The van der Waals surface area contributed by atoms with Crippen molar-refractivity contribution in [1.82, 2.24) is 34.9 Å². The van der Waals surface area contributed by atoms with E-state index in [1.54, 1.807) is 30.2 Å². The predicted octanol–water partition coefficient (Wildman–Crippen LogP) is 3.71. The number of nitrogens with zero attached hydrogens (tertiary/aromatic N) is 7. The minimum atomic E-state index is -0.510. The summed E-state index contributed by atoms with van der Waals surface area (Å²) in [4.78, 5) is 53.7. The van der Waals surface area contributed by atoms with Crippen molar-refractivity contribution in [3.8, 4) is 11.4 Å². The number of pyridine rings is 1. The van der Waals surface area contributed by atoms with Gasteiger partial charge >= 0.3 is 0 Å². The summed E-state index contributed by atoms with van der Waals surface area (Å²) in [7, 11) is 3.40. The SMILES string of the molecule is CNC(=O)c1ccc(C(=N)c2cc(N3CC[C@]4(CCN(CC(=O)N5CC=C(c6ccc(-c7ncn(C)n7)cc6)CC5)C4)C3=O)ccc2C)cn1. The van der Waals surface area contributed by atoms with Gasteiger partial charge in [0.2, 0.25) is 11.8 Å². The summed E-state index contributed by atoms with van der Waals surface area (Å²) >= 11 is 0. The van der Waals surface area contributed by atoms with Crippen LogP contribution < -0.4 is 10.2 Å². The van der Waals surface area contributed by atoms with Gasteiger partial charge in [0.25, 0.3) is 5.91 Å². The van der Waals surface area contributed by atoms with Crippen molar-refractivity contribution < 1.29 is 14.4 Å². The highest BCUT2D eigenvalue weighted by Gasteiger charge is 2.51. The standard InChI is InChI=1S/C38H41N9O3/c1-25-4-10-30(20-31(25)34(39)29-9-11-32(41-21-29)36(49)40-2)47-19-15-38(37(47)50)14-18-45(23-38)22-33(48)46-16-12-27(13-17-46)26-5-7-28(8-6-26)35-42-24-44(3)43-35/h4-12,20-21,24,39H,13-19,22-23H2,1-3H3,(H,40,49)/t38-/m0/s1. The molecule has 3 aliphatic heterocycles. The molecule has 5 heterocycles. The number of rotatable bonds is 8. The second-order valence-corrected chi connectivity index (χ2v) is 13.5. The number of hydrogen-bond acceptors (Lipinski definition) is 8. The summed E-state index contributed by atoms with van der Waals surface area (Å²) < 4.78 is 1.69. The second-order valence-electron chi connectivity index (χ2n) is 13.5. The average Bonchev–Trinajstić information content (AvgIpc) is 3.86. The van der Waals surface area contributed by atoms with Gasteiger partial charge in [0.15, 0.2) is 5.82 Å². The lowest BCUT2D eigenvalue weighted by molar-refractivity contribution is -0.132. The average molecular weight is 672 g/mol. The molecule has 0 unspecified atom stereocenters. The highest BCUT2D eigenvalue weighted by molar-refractivity contribution is 6.13. The fourth-order valence-corrected chi connectivity index (χ4v) is 7.30. The van der Waals surface area contributed by atoms with Gasteiger partial charge in [-0.25, -0.2) is 4.98 Å². The van der Waals surface area contributed by atoms with Gasteiger partial charge in [-0.2, -0.15) is 5.10 Å². The summed E-state index contributed by atoms with van der Waals surface area (Å²) in [6.45, 7) is 5.36. The van der Waals surface area contributed by atoms with Crippen molar-refractivity contribution in [3.63, 3.8) is 0 Å². The van der Waals surface area contributed by atoms with Crippen LogP contribution in [0.3, 0.4) is 0 Å². The maximum absolute atomic E-state index is 14.0. The minimum absolute atomic E-state index is 0.0840. The molecule has 12 heteroatoms. The maximum Gasteiger partial charge on any atom is 0.269 e. The fourth-order valence-electron chi connectivity index (χ4n) is 7.30. The second kappa shape index (κ2) is 13.4. The minimum Gasteiger partial charge on any atom is -0.354 e. The van der Waals surface area contributed by atoms with Crippen LogP contribution in [0.25, 0.3) is 17.0 Å². The molecule has 256 valence electrons. The number of likely N-dealkylation sites (tertiary alicyclic amines) is 1. The molecule has 3 amide bonds. The van der Waals surface area contributed by atoms with Gasteiger partial charge in [0.05, 0.1) is 17.7 Å². The fraction of sp³-hybridized carbons (Fsp3) is 0.342. The van der Waals surface area contributed by atoms with Gasteiger partial charge in [0, 0.05) is 68.8 Å². The molecule has 0 saturated carbocycles. The third-order valence-corrected chi connectivity index (χ3v) is 10.3. The Bertz CT molecular complexity index is 2000. The Morgan fingerprint density at radius 2 is 1.76 bits per heavy atom. The monoisotopic (exact) mass is 671 g/mol.